The van der Waals surface area contributed by atoms with Gasteiger partial charge in [-0.15, -0.1) is 0 Å². The van der Waals surface area contributed by atoms with E-state index in [9.17, 15) is 0 Å². The Morgan fingerprint density at radius 2 is 1.47 bits per heavy atom. The first-order chi connectivity index (χ1) is 7.33. The van der Waals surface area contributed by atoms with Gasteiger partial charge in [-0.1, -0.05) is 65.0 Å². The molecule has 0 radical (unpaired) electrons. The number of aryl methyl sites for hydroxylation is 2. The van der Waals surface area contributed by atoms with Crippen LogP contribution in [0.4, 0.5) is 0 Å². The smallest absolute Gasteiger partial charge is 0.00313 e. The molecule has 0 aliphatic heterocycles. The molecule has 1 rings (SSSR count). The minimum absolute atomic E-state index is 1.16. The molecular weight excluding hydrogens is 248 g/mol. The number of halogens is 1. The zero-order chi connectivity index (χ0) is 10.9. The fourth-order valence-corrected chi connectivity index (χ4v) is 2.11. The highest BCUT2D eigenvalue weighted by molar-refractivity contribution is 9.09. The van der Waals surface area contributed by atoms with Crippen molar-refractivity contribution in [3.63, 3.8) is 0 Å². The van der Waals surface area contributed by atoms with Crippen LogP contribution in [0.25, 0.3) is 0 Å². The molecule has 0 saturated carbocycles. The Kier molecular flexibility index (Phi) is 6.74. The van der Waals surface area contributed by atoms with Crippen molar-refractivity contribution in [3.05, 3.63) is 35.4 Å². The third kappa shape index (κ3) is 5.99. The van der Waals surface area contributed by atoms with Crippen LogP contribution in [0, 0.1) is 6.92 Å². The molecule has 0 aliphatic carbocycles. The molecule has 0 aliphatic rings. The molecule has 0 nitrogen and oxygen atoms in total. The number of unbranched alkanes of at least 4 members (excludes halogenated alkanes) is 4. The highest BCUT2D eigenvalue weighted by atomic mass is 79.9. The molecule has 0 N–H and O–H groups in total. The van der Waals surface area contributed by atoms with Crippen molar-refractivity contribution in [2.24, 2.45) is 0 Å². The zero-order valence-corrected chi connectivity index (χ0v) is 11.2. The van der Waals surface area contributed by atoms with Crippen LogP contribution >= 0.6 is 15.9 Å². The molecular formula is C14H21Br. The van der Waals surface area contributed by atoms with Crippen molar-refractivity contribution in [1.29, 1.82) is 0 Å². The van der Waals surface area contributed by atoms with Gasteiger partial charge in [-0.05, 0) is 31.7 Å². The van der Waals surface area contributed by atoms with Gasteiger partial charge in [-0.3, -0.25) is 0 Å². The minimum Gasteiger partial charge on any atom is -0.0928 e. The molecule has 0 unspecified atom stereocenters. The molecule has 0 saturated heterocycles. The van der Waals surface area contributed by atoms with Crippen LogP contribution in [0.2, 0.25) is 0 Å². The number of benzene rings is 1. The first kappa shape index (κ1) is 12.8. The second-order valence-electron chi connectivity index (χ2n) is 4.19. The Morgan fingerprint density at radius 3 is 2.13 bits per heavy atom. The molecule has 1 heteroatoms. The number of rotatable bonds is 7. The Labute approximate surface area is 102 Å². The van der Waals surface area contributed by atoms with E-state index < -0.39 is 0 Å². The summed E-state index contributed by atoms with van der Waals surface area (Å²) in [4.78, 5) is 0. The first-order valence-corrected chi connectivity index (χ1v) is 7.06. The lowest BCUT2D eigenvalue weighted by molar-refractivity contribution is 0.635. The predicted molar refractivity (Wildman–Crippen MR) is 71.8 cm³/mol. The summed E-state index contributed by atoms with van der Waals surface area (Å²) in [5.74, 6) is 0. The van der Waals surface area contributed by atoms with Crippen LogP contribution in [0.1, 0.15) is 43.2 Å². The zero-order valence-electron chi connectivity index (χ0n) is 9.64. The van der Waals surface area contributed by atoms with Gasteiger partial charge >= 0.3 is 0 Å². The third-order valence-electron chi connectivity index (χ3n) is 2.72. The highest BCUT2D eigenvalue weighted by Gasteiger charge is 1.93. The first-order valence-electron chi connectivity index (χ1n) is 5.94. The average Bonchev–Trinajstić information content (AvgIpc) is 2.26. The second-order valence-corrected chi connectivity index (χ2v) is 4.99. The Balaban J connectivity index is 2.07. The fourth-order valence-electron chi connectivity index (χ4n) is 1.71. The number of alkyl halides is 1. The molecule has 0 atom stereocenters. The van der Waals surface area contributed by atoms with Gasteiger partial charge in [0.05, 0.1) is 0 Å². The molecule has 0 aromatic heterocycles. The largest absolute Gasteiger partial charge is 0.0928 e. The van der Waals surface area contributed by atoms with Crippen LogP contribution in [0.15, 0.2) is 24.3 Å². The highest BCUT2D eigenvalue weighted by Crippen LogP contribution is 2.10. The summed E-state index contributed by atoms with van der Waals surface area (Å²) < 4.78 is 0. The minimum atomic E-state index is 1.16. The number of hydrogen-bond acceptors (Lipinski definition) is 0. The van der Waals surface area contributed by atoms with E-state index in [1.807, 2.05) is 0 Å². The van der Waals surface area contributed by atoms with Crippen LogP contribution in [-0.2, 0) is 6.42 Å². The van der Waals surface area contributed by atoms with Crippen molar-refractivity contribution in [3.8, 4) is 0 Å². The lowest BCUT2D eigenvalue weighted by atomic mass is 10.0. The summed E-state index contributed by atoms with van der Waals surface area (Å²) in [6, 6.07) is 8.93. The van der Waals surface area contributed by atoms with Crippen LogP contribution in [0.3, 0.4) is 0 Å². The van der Waals surface area contributed by atoms with Crippen molar-refractivity contribution >= 4 is 15.9 Å². The van der Waals surface area contributed by atoms with Gasteiger partial charge in [0.25, 0.3) is 0 Å². The van der Waals surface area contributed by atoms with Crippen LogP contribution in [0.5, 0.6) is 0 Å². The Bertz CT molecular complexity index is 251. The van der Waals surface area contributed by atoms with E-state index in [-0.39, 0.29) is 0 Å². The normalized spacial score (nSPS) is 10.5. The maximum Gasteiger partial charge on any atom is 0.00313 e. The van der Waals surface area contributed by atoms with Gasteiger partial charge in [0.2, 0.25) is 0 Å². The molecule has 0 fully saturated rings. The van der Waals surface area contributed by atoms with E-state index in [1.165, 1.54) is 49.7 Å². The average molecular weight is 269 g/mol. The van der Waals surface area contributed by atoms with Crippen molar-refractivity contribution < 1.29 is 0 Å². The van der Waals surface area contributed by atoms with Gasteiger partial charge in [-0.2, -0.15) is 0 Å². The SMILES string of the molecule is Cc1ccc(CCCCCCCBr)cc1. The van der Waals surface area contributed by atoms with Crippen molar-refractivity contribution in [1.82, 2.24) is 0 Å². The van der Waals surface area contributed by atoms with Gasteiger partial charge in [0.15, 0.2) is 0 Å². The molecule has 1 aromatic carbocycles. The van der Waals surface area contributed by atoms with Crippen LogP contribution in [-0.4, -0.2) is 5.33 Å². The van der Waals surface area contributed by atoms with Crippen molar-refractivity contribution in [2.75, 3.05) is 5.33 Å². The molecule has 15 heavy (non-hydrogen) atoms. The third-order valence-corrected chi connectivity index (χ3v) is 3.28. The van der Waals surface area contributed by atoms with Gasteiger partial charge in [0, 0.05) is 5.33 Å². The summed E-state index contributed by atoms with van der Waals surface area (Å²) in [5.41, 5.74) is 2.84. The molecule has 0 spiro atoms. The van der Waals surface area contributed by atoms with Gasteiger partial charge < -0.3 is 0 Å². The summed E-state index contributed by atoms with van der Waals surface area (Å²) in [6.07, 6.45) is 8.04. The summed E-state index contributed by atoms with van der Waals surface area (Å²) in [5, 5.41) is 1.16. The predicted octanol–water partition coefficient (Wildman–Crippen LogP) is 4.88. The van der Waals surface area contributed by atoms with E-state index >= 15 is 0 Å². The number of hydrogen-bond donors (Lipinski definition) is 0. The summed E-state index contributed by atoms with van der Waals surface area (Å²) >= 11 is 3.46. The maximum absolute atomic E-state index is 3.46. The monoisotopic (exact) mass is 268 g/mol. The van der Waals surface area contributed by atoms with Gasteiger partial charge in [-0.25, -0.2) is 0 Å². The lowest BCUT2D eigenvalue weighted by Gasteiger charge is -2.02. The van der Waals surface area contributed by atoms with Crippen LogP contribution < -0.4 is 0 Å². The molecule has 0 amide bonds. The van der Waals surface area contributed by atoms with E-state index in [2.05, 4.69) is 47.1 Å². The van der Waals surface area contributed by atoms with Gasteiger partial charge in [0.1, 0.15) is 0 Å². The fraction of sp³-hybridized carbons (Fsp3) is 0.571. The topological polar surface area (TPSA) is 0 Å². The van der Waals surface area contributed by atoms with E-state index in [0.29, 0.717) is 0 Å². The van der Waals surface area contributed by atoms with E-state index in [1.54, 1.807) is 0 Å². The summed E-state index contributed by atoms with van der Waals surface area (Å²) in [6.45, 7) is 2.14. The summed E-state index contributed by atoms with van der Waals surface area (Å²) in [7, 11) is 0. The molecule has 0 bridgehead atoms. The Morgan fingerprint density at radius 1 is 0.867 bits per heavy atom. The second kappa shape index (κ2) is 7.92. The van der Waals surface area contributed by atoms with Crippen molar-refractivity contribution in [2.45, 2.75) is 45.4 Å². The lowest BCUT2D eigenvalue weighted by Crippen LogP contribution is -1.86. The van der Waals surface area contributed by atoms with E-state index in [4.69, 9.17) is 0 Å². The standard InChI is InChI=1S/C14H21Br/c1-13-8-10-14(11-9-13)7-5-3-2-4-6-12-15/h8-11H,2-7,12H2,1H3. The quantitative estimate of drug-likeness (QED) is 0.488. The molecule has 84 valence electrons. The molecule has 1 aromatic rings. The molecule has 0 heterocycles. The van der Waals surface area contributed by atoms with E-state index in [0.717, 1.165) is 5.33 Å². The Hall–Kier alpha value is -0.300. The maximum atomic E-state index is 3.46.